The first-order chi connectivity index (χ1) is 10.9. The zero-order valence-corrected chi connectivity index (χ0v) is 13.4. The van der Waals surface area contributed by atoms with Crippen LogP contribution in [0.15, 0.2) is 36.5 Å². The Morgan fingerprint density at radius 2 is 1.91 bits per heavy atom. The largest absolute Gasteiger partial charge is 0.289 e. The highest BCUT2D eigenvalue weighted by Gasteiger charge is 2.27. The maximum Gasteiger partial charge on any atom is 0.258 e. The van der Waals surface area contributed by atoms with Crippen LogP contribution < -0.4 is 5.32 Å². The molecule has 1 aliphatic heterocycles. The Morgan fingerprint density at radius 3 is 2.57 bits per heavy atom. The molecule has 0 unspecified atom stereocenters. The summed E-state index contributed by atoms with van der Waals surface area (Å²) in [6, 6.07) is 6.95. The van der Waals surface area contributed by atoms with Crippen molar-refractivity contribution in [2.45, 2.75) is 19.8 Å². The molecule has 0 saturated heterocycles. The molecular weight excluding hydrogens is 316 g/mol. The molecule has 2 heterocycles. The summed E-state index contributed by atoms with van der Waals surface area (Å²) in [6.45, 7) is 1.92. The molecule has 2 aromatic rings. The Kier molecular flexibility index (Phi) is 3.81. The van der Waals surface area contributed by atoms with Gasteiger partial charge in [-0.1, -0.05) is 31.5 Å². The monoisotopic (exact) mass is 332 g/mol. The molecular formula is C16H16N2O4S. The Hall–Kier alpha value is -2.41. The van der Waals surface area contributed by atoms with E-state index in [1.54, 1.807) is 24.3 Å². The number of carbonyl (C=O) groups excluding carboxylic acids is 2. The van der Waals surface area contributed by atoms with Gasteiger partial charge in [0, 0.05) is 23.2 Å². The van der Waals surface area contributed by atoms with Crippen LogP contribution in [0.25, 0.3) is 16.5 Å². The van der Waals surface area contributed by atoms with Crippen molar-refractivity contribution in [3.05, 3.63) is 42.1 Å². The Morgan fingerprint density at radius 1 is 1.17 bits per heavy atom. The average Bonchev–Trinajstić information content (AvgIpc) is 3.05. The third-order valence-corrected chi connectivity index (χ3v) is 5.49. The molecule has 23 heavy (non-hydrogen) atoms. The van der Waals surface area contributed by atoms with E-state index in [1.165, 1.54) is 16.2 Å². The van der Waals surface area contributed by atoms with Gasteiger partial charge in [0.1, 0.15) is 0 Å². The molecule has 1 aromatic heterocycles. The normalized spacial score (nSPS) is 15.1. The molecule has 7 heteroatoms. The number of imide groups is 1. The summed E-state index contributed by atoms with van der Waals surface area (Å²) in [4.78, 5) is 23.3. The van der Waals surface area contributed by atoms with E-state index in [-0.39, 0.29) is 11.3 Å². The van der Waals surface area contributed by atoms with Crippen LogP contribution in [0, 0.1) is 0 Å². The molecule has 0 radical (unpaired) electrons. The summed E-state index contributed by atoms with van der Waals surface area (Å²) < 4.78 is 26.3. The average molecular weight is 332 g/mol. The summed E-state index contributed by atoms with van der Waals surface area (Å²) in [5.74, 6) is -0.967. The van der Waals surface area contributed by atoms with Gasteiger partial charge in [-0.2, -0.15) is 0 Å². The predicted molar refractivity (Wildman–Crippen MR) is 87.2 cm³/mol. The molecule has 0 fully saturated rings. The van der Waals surface area contributed by atoms with Gasteiger partial charge in [0.25, 0.3) is 11.8 Å². The smallest absolute Gasteiger partial charge is 0.258 e. The molecule has 3 rings (SSSR count). The van der Waals surface area contributed by atoms with Gasteiger partial charge in [0.2, 0.25) is 10.0 Å². The minimum atomic E-state index is -3.52. The number of aromatic nitrogens is 1. The van der Waals surface area contributed by atoms with Crippen LogP contribution in [0.1, 0.15) is 25.3 Å². The number of rotatable bonds is 5. The van der Waals surface area contributed by atoms with Crippen molar-refractivity contribution in [3.63, 3.8) is 0 Å². The van der Waals surface area contributed by atoms with Crippen LogP contribution in [0.5, 0.6) is 0 Å². The summed E-state index contributed by atoms with van der Waals surface area (Å²) in [6.07, 6.45) is 3.96. The number of hydrogen-bond acceptors (Lipinski definition) is 4. The highest BCUT2D eigenvalue weighted by atomic mass is 32.2. The first-order valence-corrected chi connectivity index (χ1v) is 8.95. The number of para-hydroxylation sites is 1. The number of fused-ring (bicyclic) bond motifs is 1. The van der Waals surface area contributed by atoms with Crippen molar-refractivity contribution in [2.75, 3.05) is 5.75 Å². The summed E-state index contributed by atoms with van der Waals surface area (Å²) in [5.41, 5.74) is 1.14. The lowest BCUT2D eigenvalue weighted by molar-refractivity contribution is -0.123. The van der Waals surface area contributed by atoms with Crippen LogP contribution in [0.3, 0.4) is 0 Å². The number of carbonyl (C=O) groups is 2. The van der Waals surface area contributed by atoms with E-state index < -0.39 is 21.8 Å². The molecule has 2 amide bonds. The number of amides is 2. The van der Waals surface area contributed by atoms with Crippen molar-refractivity contribution in [3.8, 4) is 0 Å². The predicted octanol–water partition coefficient (Wildman–Crippen LogP) is 1.66. The molecule has 1 aromatic carbocycles. The third kappa shape index (κ3) is 2.68. The first kappa shape index (κ1) is 15.5. The van der Waals surface area contributed by atoms with Gasteiger partial charge in [-0.15, -0.1) is 0 Å². The van der Waals surface area contributed by atoms with Gasteiger partial charge in [-0.3, -0.25) is 14.9 Å². The van der Waals surface area contributed by atoms with Gasteiger partial charge in [0.15, 0.2) is 0 Å². The SMILES string of the molecule is CCCCS(=O)(=O)n1cc(C2=CC(=O)NC2=O)c2ccccc21. The minimum absolute atomic E-state index is 0.0335. The molecule has 120 valence electrons. The quantitative estimate of drug-likeness (QED) is 0.844. The second-order valence-corrected chi connectivity index (χ2v) is 7.37. The highest BCUT2D eigenvalue weighted by Crippen LogP contribution is 2.30. The molecule has 0 spiro atoms. The molecule has 0 bridgehead atoms. The molecule has 1 aliphatic rings. The van der Waals surface area contributed by atoms with Crippen LogP contribution >= 0.6 is 0 Å². The number of nitrogens with one attached hydrogen (secondary N) is 1. The number of benzene rings is 1. The van der Waals surface area contributed by atoms with Gasteiger partial charge in [-0.25, -0.2) is 12.4 Å². The lowest BCUT2D eigenvalue weighted by atomic mass is 10.1. The fourth-order valence-corrected chi connectivity index (χ4v) is 4.21. The van der Waals surface area contributed by atoms with Gasteiger partial charge < -0.3 is 0 Å². The first-order valence-electron chi connectivity index (χ1n) is 7.35. The summed E-state index contributed by atoms with van der Waals surface area (Å²) >= 11 is 0. The molecule has 1 N–H and O–H groups in total. The maximum atomic E-state index is 12.6. The van der Waals surface area contributed by atoms with Crippen molar-refractivity contribution in [1.82, 2.24) is 9.29 Å². The van der Waals surface area contributed by atoms with Crippen molar-refractivity contribution < 1.29 is 18.0 Å². The third-order valence-electron chi connectivity index (χ3n) is 3.78. The maximum absolute atomic E-state index is 12.6. The zero-order chi connectivity index (χ0) is 16.6. The molecule has 6 nitrogen and oxygen atoms in total. The summed E-state index contributed by atoms with van der Waals surface area (Å²) in [5, 5.41) is 2.81. The van der Waals surface area contributed by atoms with Gasteiger partial charge in [-0.05, 0) is 12.5 Å². The van der Waals surface area contributed by atoms with Gasteiger partial charge in [0.05, 0.1) is 16.8 Å². The Bertz CT molecular complexity index is 938. The lowest BCUT2D eigenvalue weighted by Crippen LogP contribution is -2.21. The van der Waals surface area contributed by atoms with E-state index in [2.05, 4.69) is 5.32 Å². The Labute approximate surface area is 133 Å². The molecule has 0 saturated carbocycles. The van der Waals surface area contributed by atoms with Crippen LogP contribution in [-0.4, -0.2) is 30.0 Å². The standard InChI is InChI=1S/C16H16N2O4S/c1-2-3-8-23(21,22)18-10-13(11-6-4-5-7-14(11)18)12-9-15(19)17-16(12)20/h4-7,9-10H,2-3,8H2,1H3,(H,17,19,20). The summed E-state index contributed by atoms with van der Waals surface area (Å²) in [7, 11) is -3.52. The van der Waals surface area contributed by atoms with E-state index in [9.17, 15) is 18.0 Å². The fraction of sp³-hybridized carbons (Fsp3) is 0.250. The van der Waals surface area contributed by atoms with E-state index in [0.29, 0.717) is 22.9 Å². The second kappa shape index (κ2) is 5.66. The number of nitrogens with zero attached hydrogens (tertiary/aromatic N) is 1. The number of unbranched alkanes of at least 4 members (excludes halogenated alkanes) is 1. The van der Waals surface area contributed by atoms with Crippen LogP contribution in [0.4, 0.5) is 0 Å². The van der Waals surface area contributed by atoms with Crippen molar-refractivity contribution >= 4 is 38.3 Å². The van der Waals surface area contributed by atoms with Crippen LogP contribution in [0.2, 0.25) is 0 Å². The molecule has 0 atom stereocenters. The number of hydrogen-bond donors (Lipinski definition) is 1. The van der Waals surface area contributed by atoms with E-state index in [0.717, 1.165) is 6.42 Å². The van der Waals surface area contributed by atoms with E-state index >= 15 is 0 Å². The Balaban J connectivity index is 2.21. The fourth-order valence-electron chi connectivity index (χ4n) is 2.63. The second-order valence-electron chi connectivity index (χ2n) is 5.40. The lowest BCUT2D eigenvalue weighted by Gasteiger charge is -2.06. The highest BCUT2D eigenvalue weighted by molar-refractivity contribution is 7.90. The van der Waals surface area contributed by atoms with E-state index in [4.69, 9.17) is 0 Å². The van der Waals surface area contributed by atoms with Gasteiger partial charge >= 0.3 is 0 Å². The minimum Gasteiger partial charge on any atom is -0.289 e. The van der Waals surface area contributed by atoms with E-state index in [1.807, 2.05) is 6.92 Å². The zero-order valence-electron chi connectivity index (χ0n) is 12.6. The topological polar surface area (TPSA) is 85.2 Å². The van der Waals surface area contributed by atoms with Crippen LogP contribution in [-0.2, 0) is 19.6 Å². The van der Waals surface area contributed by atoms with Crippen molar-refractivity contribution in [1.29, 1.82) is 0 Å². The molecule has 0 aliphatic carbocycles. The van der Waals surface area contributed by atoms with Crippen molar-refractivity contribution in [2.24, 2.45) is 0 Å².